The molecule has 4 rings (SSSR count). The minimum atomic E-state index is -0.454. The van der Waals surface area contributed by atoms with Crippen molar-refractivity contribution < 1.29 is 9.13 Å². The van der Waals surface area contributed by atoms with Gasteiger partial charge in [0.05, 0.1) is 7.11 Å². The zero-order chi connectivity index (χ0) is 23.2. The quantitative estimate of drug-likeness (QED) is 0.426. The molecule has 9 nitrogen and oxygen atoms in total. The summed E-state index contributed by atoms with van der Waals surface area (Å²) in [4.78, 5) is 16.1. The van der Waals surface area contributed by atoms with Gasteiger partial charge in [0.15, 0.2) is 11.6 Å². The maximum atomic E-state index is 14.1. The number of nitrogens with two attached hydrogens (primary N) is 1. The predicted octanol–water partition coefficient (Wildman–Crippen LogP) is 3.20. The van der Waals surface area contributed by atoms with Crippen LogP contribution in [0, 0.1) is 11.7 Å². The van der Waals surface area contributed by atoms with E-state index in [2.05, 4.69) is 42.7 Å². The molecular weight excluding hydrogens is 423 g/mol. The fraction of sp³-hybridized carbons (Fsp3) is 0.609. The number of likely N-dealkylation sites (tertiary alicyclic amines) is 1. The molecule has 0 spiro atoms. The van der Waals surface area contributed by atoms with E-state index in [0.717, 1.165) is 45.3 Å². The van der Waals surface area contributed by atoms with Crippen LogP contribution in [0.15, 0.2) is 18.2 Å². The van der Waals surface area contributed by atoms with Crippen molar-refractivity contribution in [2.75, 3.05) is 49.2 Å². The van der Waals surface area contributed by atoms with Crippen molar-refractivity contribution in [3.05, 3.63) is 24.0 Å². The van der Waals surface area contributed by atoms with Crippen molar-refractivity contribution in [2.45, 2.75) is 51.1 Å². The van der Waals surface area contributed by atoms with Gasteiger partial charge in [0.1, 0.15) is 0 Å². The fourth-order valence-electron chi connectivity index (χ4n) is 4.76. The summed E-state index contributed by atoms with van der Waals surface area (Å²) in [7, 11) is 1.44. The van der Waals surface area contributed by atoms with Crippen LogP contribution in [0.3, 0.4) is 0 Å². The highest BCUT2D eigenvalue weighted by atomic mass is 19.1. The molecule has 1 saturated carbocycles. The summed E-state index contributed by atoms with van der Waals surface area (Å²) >= 11 is 0. The van der Waals surface area contributed by atoms with E-state index >= 15 is 0 Å². The molecule has 0 amide bonds. The fourth-order valence-corrected chi connectivity index (χ4v) is 4.76. The number of likely N-dealkylation sites (N-methyl/N-ethyl adjacent to an activating group) is 1. The van der Waals surface area contributed by atoms with Crippen molar-refractivity contribution in [1.82, 2.24) is 19.9 Å². The van der Waals surface area contributed by atoms with Gasteiger partial charge in [-0.25, -0.2) is 4.39 Å². The molecule has 33 heavy (non-hydrogen) atoms. The van der Waals surface area contributed by atoms with E-state index in [1.54, 1.807) is 12.1 Å². The van der Waals surface area contributed by atoms with Gasteiger partial charge in [0, 0.05) is 36.9 Å². The third kappa shape index (κ3) is 6.00. The molecule has 3 atom stereocenters. The second kappa shape index (κ2) is 10.9. The first kappa shape index (κ1) is 23.4. The Balaban J connectivity index is 1.49. The molecule has 1 aromatic heterocycles. The van der Waals surface area contributed by atoms with E-state index in [4.69, 9.17) is 10.5 Å². The normalized spacial score (nSPS) is 23.0. The Bertz CT molecular complexity index is 929. The molecule has 2 fully saturated rings. The van der Waals surface area contributed by atoms with Crippen LogP contribution >= 0.6 is 0 Å². The van der Waals surface area contributed by atoms with E-state index in [1.165, 1.54) is 19.6 Å². The van der Waals surface area contributed by atoms with Gasteiger partial charge in [-0.3, -0.25) is 4.90 Å². The van der Waals surface area contributed by atoms with E-state index in [1.807, 2.05) is 0 Å². The molecule has 2 aromatic rings. The van der Waals surface area contributed by atoms with Crippen LogP contribution in [0.4, 0.5) is 27.9 Å². The first-order chi connectivity index (χ1) is 16.1. The molecule has 2 heterocycles. The summed E-state index contributed by atoms with van der Waals surface area (Å²) < 4.78 is 19.1. The summed E-state index contributed by atoms with van der Waals surface area (Å²) in [6.45, 7) is 5.83. The van der Waals surface area contributed by atoms with Gasteiger partial charge in [0.2, 0.25) is 17.8 Å². The van der Waals surface area contributed by atoms with Gasteiger partial charge in [-0.15, -0.1) is 0 Å². The minimum absolute atomic E-state index is 0.186. The summed E-state index contributed by atoms with van der Waals surface area (Å²) in [5.74, 6) is 1.44. The van der Waals surface area contributed by atoms with Crippen LogP contribution in [0.2, 0.25) is 0 Å². The van der Waals surface area contributed by atoms with Crippen LogP contribution in [0.5, 0.6) is 5.75 Å². The Kier molecular flexibility index (Phi) is 7.77. The number of aromatic nitrogens is 3. The molecular formula is C23H35FN8O. The number of anilines is 4. The molecule has 2 aliphatic rings. The van der Waals surface area contributed by atoms with Crippen LogP contribution < -0.4 is 26.4 Å². The molecule has 3 unspecified atom stereocenters. The highest BCUT2D eigenvalue weighted by molar-refractivity contribution is 5.57. The molecule has 180 valence electrons. The monoisotopic (exact) mass is 458 g/mol. The van der Waals surface area contributed by atoms with Crippen molar-refractivity contribution in [1.29, 1.82) is 0 Å². The van der Waals surface area contributed by atoms with Gasteiger partial charge in [-0.05, 0) is 56.8 Å². The Hall–Kier alpha value is -2.72. The molecule has 1 aliphatic heterocycles. The second-order valence-corrected chi connectivity index (χ2v) is 8.82. The highest BCUT2D eigenvalue weighted by Crippen LogP contribution is 2.25. The lowest BCUT2D eigenvalue weighted by Crippen LogP contribution is -2.35. The minimum Gasteiger partial charge on any atom is -0.494 e. The Labute approximate surface area is 194 Å². The van der Waals surface area contributed by atoms with Gasteiger partial charge >= 0.3 is 0 Å². The Morgan fingerprint density at radius 3 is 2.48 bits per heavy atom. The smallest absolute Gasteiger partial charge is 0.233 e. The standard InChI is InChI=1S/C23H35FN8O/c1-3-32-11-5-7-17(32)14-27-22-29-21(26-13-15-6-4-8-19(15)25)30-23(31-22)28-16-9-10-20(33-2)18(24)12-16/h9-10,12,15,17,19H,3-8,11,13-14,25H2,1-2H3,(H3,26,27,28,29,30,31). The SMILES string of the molecule is CCN1CCCC1CNc1nc(NCC2CCCC2N)nc(Nc2ccc(OC)c(F)c2)n1. The molecule has 1 aromatic carbocycles. The van der Waals surface area contributed by atoms with E-state index in [-0.39, 0.29) is 11.8 Å². The average molecular weight is 459 g/mol. The second-order valence-electron chi connectivity index (χ2n) is 8.82. The first-order valence-electron chi connectivity index (χ1n) is 11.9. The van der Waals surface area contributed by atoms with Crippen LogP contribution in [-0.2, 0) is 0 Å². The summed E-state index contributed by atoms with van der Waals surface area (Å²) in [6, 6.07) is 5.32. The number of rotatable bonds is 10. The lowest BCUT2D eigenvalue weighted by molar-refractivity contribution is 0.277. The Morgan fingerprint density at radius 1 is 1.06 bits per heavy atom. The first-order valence-corrected chi connectivity index (χ1v) is 11.9. The number of nitrogens with zero attached hydrogens (tertiary/aromatic N) is 4. The van der Waals surface area contributed by atoms with Crippen molar-refractivity contribution >= 4 is 23.5 Å². The summed E-state index contributed by atoms with van der Waals surface area (Å²) in [5, 5.41) is 9.80. The van der Waals surface area contributed by atoms with Gasteiger partial charge < -0.3 is 26.4 Å². The number of ether oxygens (including phenoxy) is 1. The molecule has 1 saturated heterocycles. The number of halogens is 1. The third-order valence-corrected chi connectivity index (χ3v) is 6.68. The highest BCUT2D eigenvalue weighted by Gasteiger charge is 2.25. The molecule has 10 heteroatoms. The van der Waals surface area contributed by atoms with Crippen LogP contribution in [0.25, 0.3) is 0 Å². The zero-order valence-electron chi connectivity index (χ0n) is 19.5. The van der Waals surface area contributed by atoms with E-state index < -0.39 is 5.82 Å². The summed E-state index contributed by atoms with van der Waals surface area (Å²) in [6.07, 6.45) is 5.69. The lowest BCUT2D eigenvalue weighted by atomic mass is 10.1. The number of nitrogens with one attached hydrogen (secondary N) is 3. The lowest BCUT2D eigenvalue weighted by Gasteiger charge is -2.23. The number of hydrogen-bond donors (Lipinski definition) is 4. The maximum absolute atomic E-state index is 14.1. The van der Waals surface area contributed by atoms with Crippen LogP contribution in [-0.4, -0.2) is 65.2 Å². The number of benzene rings is 1. The van der Waals surface area contributed by atoms with Crippen LogP contribution in [0.1, 0.15) is 39.0 Å². The van der Waals surface area contributed by atoms with Crippen molar-refractivity contribution in [2.24, 2.45) is 11.7 Å². The van der Waals surface area contributed by atoms with Gasteiger partial charge in [0.25, 0.3) is 0 Å². The third-order valence-electron chi connectivity index (χ3n) is 6.68. The molecule has 0 bridgehead atoms. The summed E-state index contributed by atoms with van der Waals surface area (Å²) in [5.41, 5.74) is 6.75. The van der Waals surface area contributed by atoms with Gasteiger partial charge in [-0.2, -0.15) is 15.0 Å². The van der Waals surface area contributed by atoms with E-state index in [0.29, 0.717) is 42.0 Å². The molecule has 5 N–H and O–H groups in total. The average Bonchev–Trinajstić information content (AvgIpc) is 3.44. The topological polar surface area (TPSA) is 113 Å². The number of methoxy groups -OCH3 is 1. The van der Waals surface area contributed by atoms with Gasteiger partial charge in [-0.1, -0.05) is 13.3 Å². The maximum Gasteiger partial charge on any atom is 0.233 e. The predicted molar refractivity (Wildman–Crippen MR) is 129 cm³/mol. The Morgan fingerprint density at radius 2 is 1.82 bits per heavy atom. The molecule has 0 radical (unpaired) electrons. The van der Waals surface area contributed by atoms with Crippen molar-refractivity contribution in [3.8, 4) is 5.75 Å². The van der Waals surface area contributed by atoms with E-state index in [9.17, 15) is 4.39 Å². The molecule has 1 aliphatic carbocycles. The number of hydrogen-bond acceptors (Lipinski definition) is 9. The zero-order valence-corrected chi connectivity index (χ0v) is 19.5. The van der Waals surface area contributed by atoms with Crippen molar-refractivity contribution in [3.63, 3.8) is 0 Å². The largest absolute Gasteiger partial charge is 0.494 e.